The van der Waals surface area contributed by atoms with Gasteiger partial charge in [0, 0.05) is 26.7 Å². The summed E-state index contributed by atoms with van der Waals surface area (Å²) >= 11 is 0. The Bertz CT molecular complexity index is 420. The highest BCUT2D eigenvalue weighted by atomic mass is 16.8. The predicted octanol–water partition coefficient (Wildman–Crippen LogP) is 2.67. The summed E-state index contributed by atoms with van der Waals surface area (Å²) in [6.45, 7) is 6.31. The van der Waals surface area contributed by atoms with Crippen LogP contribution in [0.15, 0.2) is 0 Å². The third-order valence-corrected chi connectivity index (χ3v) is 2.66. The quantitative estimate of drug-likeness (QED) is 0.229. The second-order valence-corrected chi connectivity index (χ2v) is 4.92. The summed E-state index contributed by atoms with van der Waals surface area (Å²) in [5.41, 5.74) is 0. The molecule has 2 atom stereocenters. The summed E-state index contributed by atoms with van der Waals surface area (Å²) in [5.74, 6) is -1.15. The molecule has 2 unspecified atom stereocenters. The topological polar surface area (TPSA) is 124 Å². The molecule has 0 amide bonds. The van der Waals surface area contributed by atoms with E-state index in [2.05, 4.69) is 18.9 Å². The minimum atomic E-state index is -1.06. The number of rotatable bonds is 11. The molecule has 0 heterocycles. The van der Waals surface area contributed by atoms with Crippen LogP contribution in [0.5, 0.6) is 0 Å². The summed E-state index contributed by atoms with van der Waals surface area (Å²) in [5, 5.41) is 0. The highest BCUT2D eigenvalue weighted by Gasteiger charge is 2.16. The van der Waals surface area contributed by atoms with E-state index in [1.54, 1.807) is 13.8 Å². The second-order valence-electron chi connectivity index (χ2n) is 4.92. The fourth-order valence-corrected chi connectivity index (χ4v) is 1.65. The zero-order valence-corrected chi connectivity index (χ0v) is 15.5. The molecule has 150 valence electrons. The molecule has 0 N–H and O–H groups in total. The van der Waals surface area contributed by atoms with Gasteiger partial charge in [-0.05, 0) is 26.7 Å². The van der Waals surface area contributed by atoms with E-state index in [9.17, 15) is 19.2 Å². The van der Waals surface area contributed by atoms with Crippen LogP contribution in [0, 0.1) is 0 Å². The largest absolute Gasteiger partial charge is 0.511 e. The zero-order valence-electron chi connectivity index (χ0n) is 15.5. The molecule has 0 aromatic rings. The standard InChI is InChI=1S/C16H26O10/c1-5-21-15(19)25-11(3)23-13(17)9-7-8-10-14(18)24-12(4)26-16(20)22-6-2/h11-12H,5-10H2,1-4H3. The third kappa shape index (κ3) is 12.8. The van der Waals surface area contributed by atoms with Gasteiger partial charge in [-0.3, -0.25) is 9.59 Å². The lowest BCUT2D eigenvalue weighted by Crippen LogP contribution is -2.22. The lowest BCUT2D eigenvalue weighted by atomic mass is 10.2. The first-order valence-electron chi connectivity index (χ1n) is 8.34. The summed E-state index contributed by atoms with van der Waals surface area (Å²) in [4.78, 5) is 45.2. The third-order valence-electron chi connectivity index (χ3n) is 2.66. The van der Waals surface area contributed by atoms with Gasteiger partial charge in [-0.2, -0.15) is 0 Å². The van der Waals surface area contributed by atoms with Crippen LogP contribution in [0.25, 0.3) is 0 Å². The number of hydrogen-bond donors (Lipinski definition) is 0. The molecule has 0 radical (unpaired) electrons. The van der Waals surface area contributed by atoms with Gasteiger partial charge in [-0.1, -0.05) is 0 Å². The van der Waals surface area contributed by atoms with Crippen molar-refractivity contribution in [1.82, 2.24) is 0 Å². The fourth-order valence-electron chi connectivity index (χ4n) is 1.65. The van der Waals surface area contributed by atoms with Crippen molar-refractivity contribution in [2.45, 2.75) is 66.0 Å². The van der Waals surface area contributed by atoms with Crippen molar-refractivity contribution in [2.75, 3.05) is 13.2 Å². The van der Waals surface area contributed by atoms with E-state index in [0.717, 1.165) is 0 Å². The maximum Gasteiger partial charge on any atom is 0.511 e. The first-order valence-corrected chi connectivity index (χ1v) is 8.34. The van der Waals surface area contributed by atoms with Crippen molar-refractivity contribution in [2.24, 2.45) is 0 Å². The van der Waals surface area contributed by atoms with Crippen molar-refractivity contribution < 1.29 is 47.6 Å². The first kappa shape index (κ1) is 23.5. The van der Waals surface area contributed by atoms with Crippen LogP contribution in [0.2, 0.25) is 0 Å². The van der Waals surface area contributed by atoms with Crippen molar-refractivity contribution in [3.05, 3.63) is 0 Å². The van der Waals surface area contributed by atoms with Gasteiger partial charge in [-0.25, -0.2) is 9.59 Å². The number of unbranched alkanes of at least 4 members (excludes halogenated alkanes) is 1. The van der Waals surface area contributed by atoms with E-state index in [1.165, 1.54) is 13.8 Å². The van der Waals surface area contributed by atoms with Crippen LogP contribution in [-0.2, 0) is 38.0 Å². The number of carbonyl (C=O) groups is 4. The molecular formula is C16H26O10. The van der Waals surface area contributed by atoms with Crippen molar-refractivity contribution in [3.8, 4) is 0 Å². The number of hydrogen-bond acceptors (Lipinski definition) is 10. The van der Waals surface area contributed by atoms with Crippen LogP contribution in [0.3, 0.4) is 0 Å². The number of ether oxygens (including phenoxy) is 6. The molecule has 0 rings (SSSR count). The minimum absolute atomic E-state index is 0.0404. The van der Waals surface area contributed by atoms with Crippen LogP contribution in [-0.4, -0.2) is 50.0 Å². The zero-order chi connectivity index (χ0) is 19.9. The molecule has 0 aliphatic heterocycles. The Balaban J connectivity index is 3.83. The summed E-state index contributed by atoms with van der Waals surface area (Å²) in [7, 11) is 0. The van der Waals surface area contributed by atoms with Gasteiger partial charge in [0.2, 0.25) is 12.6 Å². The highest BCUT2D eigenvalue weighted by molar-refractivity contribution is 5.71. The SMILES string of the molecule is CCOC(=O)OC(C)OC(=O)CCCCC(=O)OC(C)OC(=O)OCC. The van der Waals surface area contributed by atoms with Crippen LogP contribution in [0.4, 0.5) is 9.59 Å². The monoisotopic (exact) mass is 378 g/mol. The van der Waals surface area contributed by atoms with Crippen molar-refractivity contribution in [1.29, 1.82) is 0 Å². The smallest absolute Gasteiger partial charge is 0.435 e. The van der Waals surface area contributed by atoms with Gasteiger partial charge in [0.15, 0.2) is 0 Å². The van der Waals surface area contributed by atoms with E-state index in [4.69, 9.17) is 9.47 Å². The Hall–Kier alpha value is -2.52. The van der Waals surface area contributed by atoms with Crippen molar-refractivity contribution in [3.63, 3.8) is 0 Å². The molecule has 0 aliphatic carbocycles. The molecule has 0 aromatic carbocycles. The van der Waals surface area contributed by atoms with E-state index in [0.29, 0.717) is 12.8 Å². The molecule has 10 nitrogen and oxygen atoms in total. The van der Waals surface area contributed by atoms with E-state index in [-0.39, 0.29) is 26.1 Å². The van der Waals surface area contributed by atoms with Gasteiger partial charge < -0.3 is 28.4 Å². The van der Waals surface area contributed by atoms with Gasteiger partial charge in [0.1, 0.15) is 0 Å². The van der Waals surface area contributed by atoms with Crippen LogP contribution >= 0.6 is 0 Å². The summed E-state index contributed by atoms with van der Waals surface area (Å²) in [6, 6.07) is 0. The van der Waals surface area contributed by atoms with Gasteiger partial charge in [-0.15, -0.1) is 0 Å². The molecule has 26 heavy (non-hydrogen) atoms. The van der Waals surface area contributed by atoms with Crippen molar-refractivity contribution >= 4 is 24.2 Å². The maximum atomic E-state index is 11.6. The molecule has 0 aliphatic rings. The molecule has 0 saturated carbocycles. The average Bonchev–Trinajstić information content (AvgIpc) is 2.51. The molecular weight excluding hydrogens is 352 g/mol. The first-order chi connectivity index (χ1) is 12.3. The Morgan fingerprint density at radius 3 is 1.31 bits per heavy atom. The average molecular weight is 378 g/mol. The van der Waals surface area contributed by atoms with E-state index >= 15 is 0 Å². The second kappa shape index (κ2) is 13.7. The van der Waals surface area contributed by atoms with Gasteiger partial charge in [0.25, 0.3) is 0 Å². The molecule has 0 bridgehead atoms. The molecule has 0 saturated heterocycles. The maximum absolute atomic E-state index is 11.6. The molecule has 0 fully saturated rings. The predicted molar refractivity (Wildman–Crippen MR) is 85.8 cm³/mol. The Kier molecular flexibility index (Phi) is 12.4. The molecule has 0 spiro atoms. The Morgan fingerprint density at radius 1 is 0.654 bits per heavy atom. The summed E-state index contributed by atoms with van der Waals surface area (Å²) < 4.78 is 28.1. The number of esters is 2. The summed E-state index contributed by atoms with van der Waals surface area (Å²) in [6.07, 6.45) is -3.15. The normalized spacial score (nSPS) is 12.3. The Morgan fingerprint density at radius 2 is 1.00 bits per heavy atom. The lowest BCUT2D eigenvalue weighted by Gasteiger charge is -2.14. The van der Waals surface area contributed by atoms with Crippen LogP contribution in [0.1, 0.15) is 53.4 Å². The minimum Gasteiger partial charge on any atom is -0.435 e. The van der Waals surface area contributed by atoms with Gasteiger partial charge >= 0.3 is 24.2 Å². The lowest BCUT2D eigenvalue weighted by molar-refractivity contribution is -0.170. The van der Waals surface area contributed by atoms with Crippen LogP contribution < -0.4 is 0 Å². The fraction of sp³-hybridized carbons (Fsp3) is 0.750. The van der Waals surface area contributed by atoms with E-state index in [1.807, 2.05) is 0 Å². The van der Waals surface area contributed by atoms with E-state index < -0.39 is 36.8 Å². The number of carbonyl (C=O) groups excluding carboxylic acids is 4. The molecule has 10 heteroatoms. The molecule has 0 aromatic heterocycles. The Labute approximate surface area is 152 Å². The highest BCUT2D eigenvalue weighted by Crippen LogP contribution is 2.07. The van der Waals surface area contributed by atoms with Gasteiger partial charge in [0.05, 0.1) is 13.2 Å².